The van der Waals surface area contributed by atoms with Crippen molar-refractivity contribution in [1.29, 1.82) is 0 Å². The zero-order valence-electron chi connectivity index (χ0n) is 9.13. The van der Waals surface area contributed by atoms with Gasteiger partial charge in [0.25, 0.3) is 0 Å². The summed E-state index contributed by atoms with van der Waals surface area (Å²) in [5, 5.41) is 2.70. The van der Waals surface area contributed by atoms with Gasteiger partial charge in [0.05, 0.1) is 12.4 Å². The van der Waals surface area contributed by atoms with Gasteiger partial charge in [-0.3, -0.25) is 9.59 Å². The van der Waals surface area contributed by atoms with E-state index in [9.17, 15) is 14.0 Å². The van der Waals surface area contributed by atoms with Gasteiger partial charge in [0.2, 0.25) is 0 Å². The molecule has 6 heteroatoms. The average molecular weight is 260 g/mol. The molecule has 1 aromatic rings. The molecule has 0 aliphatic heterocycles. The molecule has 0 saturated carbocycles. The van der Waals surface area contributed by atoms with Crippen LogP contribution in [0.1, 0.15) is 6.92 Å². The first kappa shape index (κ1) is 13.4. The molecule has 4 nitrogen and oxygen atoms in total. The Morgan fingerprint density at radius 3 is 2.71 bits per heavy atom. The molecule has 1 N–H and O–H groups in total. The molecule has 17 heavy (non-hydrogen) atoms. The number of alkyl halides is 1. The number of ketones is 1. The summed E-state index contributed by atoms with van der Waals surface area (Å²) in [6.45, 7) is 1.21. The molecule has 0 spiro atoms. The third kappa shape index (κ3) is 4.40. The molecule has 1 rings (SSSR count). The Morgan fingerprint density at radius 2 is 2.18 bits per heavy atom. The number of Topliss-reactive ketones (excluding diaryl/α,β-unsaturated/α-hetero) is 1. The first-order chi connectivity index (χ1) is 8.02. The monoisotopic (exact) mass is 259 g/mol. The van der Waals surface area contributed by atoms with E-state index in [0.29, 0.717) is 5.69 Å². The Morgan fingerprint density at radius 1 is 1.47 bits per heavy atom. The van der Waals surface area contributed by atoms with Crippen LogP contribution in [0.4, 0.5) is 10.1 Å². The summed E-state index contributed by atoms with van der Waals surface area (Å²) in [6, 6.07) is 3.95. The number of carbonyl (C=O) groups excluding carboxylic acids is 2. The van der Waals surface area contributed by atoms with E-state index in [-0.39, 0.29) is 24.0 Å². The quantitative estimate of drug-likeness (QED) is 0.499. The molecule has 0 heterocycles. The van der Waals surface area contributed by atoms with E-state index in [1.807, 2.05) is 0 Å². The van der Waals surface area contributed by atoms with Gasteiger partial charge in [-0.1, -0.05) is 0 Å². The second-order valence-electron chi connectivity index (χ2n) is 3.26. The summed E-state index contributed by atoms with van der Waals surface area (Å²) >= 11 is 5.31. The van der Waals surface area contributed by atoms with Crippen LogP contribution in [0.2, 0.25) is 0 Å². The molecule has 0 fully saturated rings. The summed E-state index contributed by atoms with van der Waals surface area (Å²) in [5.74, 6) is -1.71. The van der Waals surface area contributed by atoms with Crippen LogP contribution >= 0.6 is 11.6 Å². The lowest BCUT2D eigenvalue weighted by molar-refractivity contribution is -0.132. The highest BCUT2D eigenvalue weighted by Crippen LogP contribution is 2.21. The number of hydrogen-bond donors (Lipinski definition) is 1. The lowest BCUT2D eigenvalue weighted by Crippen LogP contribution is -2.14. The van der Waals surface area contributed by atoms with Gasteiger partial charge in [-0.15, -0.1) is 11.6 Å². The Hall–Kier alpha value is -1.62. The third-order valence-electron chi connectivity index (χ3n) is 1.82. The molecule has 1 aromatic carbocycles. The van der Waals surface area contributed by atoms with Crippen LogP contribution in [-0.2, 0) is 9.59 Å². The fourth-order valence-electron chi connectivity index (χ4n) is 1.10. The van der Waals surface area contributed by atoms with Crippen LogP contribution in [0, 0.1) is 5.82 Å². The Bertz CT molecular complexity index is 437. The first-order valence-electron chi connectivity index (χ1n) is 4.82. The number of carbonyl (C=O) groups is 2. The molecule has 0 bridgehead atoms. The molecular weight excluding hydrogens is 249 g/mol. The van der Waals surface area contributed by atoms with Crippen molar-refractivity contribution in [2.45, 2.75) is 6.92 Å². The van der Waals surface area contributed by atoms with Crippen LogP contribution < -0.4 is 10.1 Å². The van der Waals surface area contributed by atoms with Gasteiger partial charge < -0.3 is 10.1 Å². The second kappa shape index (κ2) is 6.20. The van der Waals surface area contributed by atoms with E-state index in [2.05, 4.69) is 10.1 Å². The number of esters is 1. The number of hydrogen-bond acceptors (Lipinski definition) is 4. The third-order valence-corrected chi connectivity index (χ3v) is 2.12. The van der Waals surface area contributed by atoms with Gasteiger partial charge in [-0.2, -0.15) is 0 Å². The van der Waals surface area contributed by atoms with Crippen molar-refractivity contribution in [3.8, 4) is 5.75 Å². The molecular formula is C11H11ClFNO3. The number of nitrogens with one attached hydrogen (secondary N) is 1. The second-order valence-corrected chi connectivity index (χ2v) is 3.53. The number of benzene rings is 1. The minimum atomic E-state index is -0.677. The molecule has 0 unspecified atom stereocenters. The van der Waals surface area contributed by atoms with Gasteiger partial charge in [0, 0.05) is 18.7 Å². The van der Waals surface area contributed by atoms with Crippen LogP contribution in [0.5, 0.6) is 5.75 Å². The van der Waals surface area contributed by atoms with Crippen molar-refractivity contribution in [3.05, 3.63) is 24.0 Å². The molecule has 0 atom stereocenters. The molecule has 0 amide bonds. The zero-order chi connectivity index (χ0) is 12.8. The van der Waals surface area contributed by atoms with Gasteiger partial charge >= 0.3 is 5.97 Å². The maximum Gasteiger partial charge on any atom is 0.308 e. The molecule has 0 radical (unpaired) electrons. The molecule has 92 valence electrons. The largest absolute Gasteiger partial charge is 0.424 e. The fraction of sp³-hybridized carbons (Fsp3) is 0.273. The van der Waals surface area contributed by atoms with Crippen LogP contribution in [-0.4, -0.2) is 24.2 Å². The summed E-state index contributed by atoms with van der Waals surface area (Å²) < 4.78 is 18.0. The van der Waals surface area contributed by atoms with Crippen molar-refractivity contribution in [3.63, 3.8) is 0 Å². The lowest BCUT2D eigenvalue weighted by atomic mass is 10.3. The number of halogens is 2. The van der Waals surface area contributed by atoms with E-state index in [1.54, 1.807) is 0 Å². The van der Waals surface area contributed by atoms with Crippen molar-refractivity contribution in [2.24, 2.45) is 0 Å². The summed E-state index contributed by atoms with van der Waals surface area (Å²) in [5.41, 5.74) is 0.414. The minimum absolute atomic E-state index is 0.0237. The first-order valence-corrected chi connectivity index (χ1v) is 5.36. The maximum absolute atomic E-state index is 13.4. The Kier molecular flexibility index (Phi) is 4.90. The highest BCUT2D eigenvalue weighted by molar-refractivity contribution is 6.28. The topological polar surface area (TPSA) is 55.4 Å². The number of anilines is 1. The van der Waals surface area contributed by atoms with E-state index in [1.165, 1.54) is 19.1 Å². The van der Waals surface area contributed by atoms with E-state index in [4.69, 9.17) is 11.6 Å². The standard InChI is InChI=1S/C11H11ClFNO3/c1-7(15)17-11-3-2-8(4-10(11)13)14-6-9(16)5-12/h2-4,14H,5-6H2,1H3. The van der Waals surface area contributed by atoms with E-state index < -0.39 is 11.8 Å². The SMILES string of the molecule is CC(=O)Oc1ccc(NCC(=O)CCl)cc1F. The molecule has 0 aliphatic carbocycles. The fourth-order valence-corrected chi connectivity index (χ4v) is 1.19. The van der Waals surface area contributed by atoms with Gasteiger partial charge in [-0.25, -0.2) is 4.39 Å². The average Bonchev–Trinajstić information content (AvgIpc) is 2.28. The molecule has 0 saturated heterocycles. The van der Waals surface area contributed by atoms with Crippen molar-refractivity contribution >= 4 is 29.0 Å². The summed E-state index contributed by atoms with van der Waals surface area (Å²) in [4.78, 5) is 21.6. The van der Waals surface area contributed by atoms with Crippen molar-refractivity contribution in [1.82, 2.24) is 0 Å². The van der Waals surface area contributed by atoms with Crippen molar-refractivity contribution < 1.29 is 18.7 Å². The summed E-state index contributed by atoms with van der Waals surface area (Å²) in [7, 11) is 0. The smallest absolute Gasteiger partial charge is 0.308 e. The molecule has 0 aliphatic rings. The number of ether oxygens (including phenoxy) is 1. The van der Waals surface area contributed by atoms with Crippen LogP contribution in [0.25, 0.3) is 0 Å². The zero-order valence-corrected chi connectivity index (χ0v) is 9.88. The normalized spacial score (nSPS) is 9.82. The van der Waals surface area contributed by atoms with Gasteiger partial charge in [0.15, 0.2) is 17.3 Å². The highest BCUT2D eigenvalue weighted by Gasteiger charge is 2.07. The summed E-state index contributed by atoms with van der Waals surface area (Å²) in [6.07, 6.45) is 0. The van der Waals surface area contributed by atoms with Crippen LogP contribution in [0.15, 0.2) is 18.2 Å². The predicted octanol–water partition coefficient (Wildman–Crippen LogP) is 1.97. The maximum atomic E-state index is 13.4. The van der Waals surface area contributed by atoms with E-state index >= 15 is 0 Å². The molecule has 0 aromatic heterocycles. The van der Waals surface area contributed by atoms with Crippen molar-refractivity contribution in [2.75, 3.05) is 17.7 Å². The van der Waals surface area contributed by atoms with E-state index in [0.717, 1.165) is 6.07 Å². The van der Waals surface area contributed by atoms with Gasteiger partial charge in [0.1, 0.15) is 0 Å². The van der Waals surface area contributed by atoms with Gasteiger partial charge in [-0.05, 0) is 12.1 Å². The number of rotatable bonds is 5. The minimum Gasteiger partial charge on any atom is -0.424 e. The Labute approximate surface area is 103 Å². The highest BCUT2D eigenvalue weighted by atomic mass is 35.5. The predicted molar refractivity (Wildman–Crippen MR) is 61.9 cm³/mol. The lowest BCUT2D eigenvalue weighted by Gasteiger charge is -2.07. The van der Waals surface area contributed by atoms with Crippen LogP contribution in [0.3, 0.4) is 0 Å². The Balaban J connectivity index is 2.68.